The van der Waals surface area contributed by atoms with Gasteiger partial charge in [0.1, 0.15) is 0 Å². The average molecular weight is 309 g/mol. The number of benzene rings is 2. The average Bonchev–Trinajstić information content (AvgIpc) is 2.86. The molecule has 1 aliphatic heterocycles. The molecule has 0 radical (unpaired) electrons. The van der Waals surface area contributed by atoms with Crippen molar-refractivity contribution in [1.82, 2.24) is 5.32 Å². The topological polar surface area (TPSA) is 29.1 Å². The van der Waals surface area contributed by atoms with Crippen LogP contribution in [-0.2, 0) is 0 Å². The van der Waals surface area contributed by atoms with Crippen LogP contribution < -0.4 is 5.32 Å². The summed E-state index contributed by atoms with van der Waals surface area (Å²) in [6.07, 6.45) is 0. The van der Waals surface area contributed by atoms with Crippen LogP contribution in [0.4, 0.5) is 0 Å². The van der Waals surface area contributed by atoms with Gasteiger partial charge in [-0.1, -0.05) is 68.1 Å². The fourth-order valence-corrected chi connectivity index (χ4v) is 3.54. The first-order valence-electron chi connectivity index (χ1n) is 7.52. The molecule has 1 aliphatic rings. The molecule has 3 heteroatoms. The summed E-state index contributed by atoms with van der Waals surface area (Å²) in [7, 11) is 0. The fraction of sp³-hybridized carbons (Fsp3) is 0.211. The molecule has 0 atom stereocenters. The minimum atomic E-state index is 0.121. The Morgan fingerprint density at radius 2 is 1.73 bits per heavy atom. The summed E-state index contributed by atoms with van der Waals surface area (Å²) in [6.45, 7) is 5.18. The molecular weight excluding hydrogens is 290 g/mol. The zero-order valence-electron chi connectivity index (χ0n) is 12.8. The SMILES string of the molecule is CC(C)CNC(=C1Sc2ccccc2C1=O)c1ccccc1. The summed E-state index contributed by atoms with van der Waals surface area (Å²) >= 11 is 1.57. The quantitative estimate of drug-likeness (QED) is 0.838. The van der Waals surface area contributed by atoms with Crippen molar-refractivity contribution in [3.63, 3.8) is 0 Å². The summed E-state index contributed by atoms with van der Waals surface area (Å²) in [4.78, 5) is 14.6. The van der Waals surface area contributed by atoms with Gasteiger partial charge < -0.3 is 5.32 Å². The summed E-state index contributed by atoms with van der Waals surface area (Å²) in [6, 6.07) is 17.9. The highest BCUT2D eigenvalue weighted by Crippen LogP contribution is 2.42. The fourth-order valence-electron chi connectivity index (χ4n) is 2.41. The molecule has 0 amide bonds. The number of carbonyl (C=O) groups is 1. The van der Waals surface area contributed by atoms with Gasteiger partial charge in [0.05, 0.1) is 10.6 Å². The molecule has 0 fully saturated rings. The maximum absolute atomic E-state index is 12.7. The summed E-state index contributed by atoms with van der Waals surface area (Å²) in [5.41, 5.74) is 2.81. The number of hydrogen-bond donors (Lipinski definition) is 1. The Kier molecular flexibility index (Phi) is 4.34. The molecule has 2 nitrogen and oxygen atoms in total. The Balaban J connectivity index is 2.04. The predicted octanol–water partition coefficient (Wildman–Crippen LogP) is 4.59. The summed E-state index contributed by atoms with van der Waals surface area (Å²) in [5, 5.41) is 3.48. The maximum Gasteiger partial charge on any atom is 0.202 e. The first-order chi connectivity index (χ1) is 10.7. The van der Waals surface area contributed by atoms with Crippen molar-refractivity contribution < 1.29 is 4.79 Å². The van der Waals surface area contributed by atoms with E-state index in [1.807, 2.05) is 54.6 Å². The minimum absolute atomic E-state index is 0.121. The van der Waals surface area contributed by atoms with Gasteiger partial charge in [-0.05, 0) is 23.6 Å². The van der Waals surface area contributed by atoms with Crippen LogP contribution in [0.1, 0.15) is 29.8 Å². The van der Waals surface area contributed by atoms with E-state index in [-0.39, 0.29) is 5.78 Å². The Bertz CT molecular complexity index is 719. The number of Topliss-reactive ketones (excluding diaryl/α,β-unsaturated/α-hetero) is 1. The molecule has 0 aromatic heterocycles. The first-order valence-corrected chi connectivity index (χ1v) is 8.33. The Labute approximate surface area is 135 Å². The molecular formula is C19H19NOS. The zero-order chi connectivity index (χ0) is 15.5. The van der Waals surface area contributed by atoms with Crippen LogP contribution in [0, 0.1) is 5.92 Å². The highest BCUT2D eigenvalue weighted by atomic mass is 32.2. The zero-order valence-corrected chi connectivity index (χ0v) is 13.6. The lowest BCUT2D eigenvalue weighted by Gasteiger charge is -2.15. The smallest absolute Gasteiger partial charge is 0.202 e. The van der Waals surface area contributed by atoms with Crippen molar-refractivity contribution >= 4 is 23.2 Å². The molecule has 0 saturated carbocycles. The van der Waals surface area contributed by atoms with E-state index in [4.69, 9.17) is 0 Å². The van der Waals surface area contributed by atoms with Crippen LogP contribution in [-0.4, -0.2) is 12.3 Å². The molecule has 0 spiro atoms. The molecule has 1 N–H and O–H groups in total. The Hall–Kier alpha value is -2.00. The van der Waals surface area contributed by atoms with E-state index in [9.17, 15) is 4.79 Å². The second kappa shape index (κ2) is 6.41. The van der Waals surface area contributed by atoms with E-state index in [0.717, 1.165) is 33.2 Å². The minimum Gasteiger partial charge on any atom is -0.383 e. The van der Waals surface area contributed by atoms with E-state index in [1.165, 1.54) is 0 Å². The van der Waals surface area contributed by atoms with E-state index in [0.29, 0.717) is 5.92 Å². The molecule has 1 heterocycles. The number of ketones is 1. The number of allylic oxidation sites excluding steroid dienone is 1. The van der Waals surface area contributed by atoms with Crippen LogP contribution in [0.15, 0.2) is 64.4 Å². The number of thioether (sulfide) groups is 1. The van der Waals surface area contributed by atoms with Crippen LogP contribution >= 0.6 is 11.8 Å². The van der Waals surface area contributed by atoms with Gasteiger partial charge >= 0.3 is 0 Å². The summed E-state index contributed by atoms with van der Waals surface area (Å²) in [5.74, 6) is 0.638. The normalized spacial score (nSPS) is 15.9. The maximum atomic E-state index is 12.7. The third kappa shape index (κ3) is 2.95. The highest BCUT2D eigenvalue weighted by Gasteiger charge is 2.28. The van der Waals surface area contributed by atoms with Gasteiger partial charge in [-0.2, -0.15) is 0 Å². The standard InChI is InChI=1S/C19H19NOS/c1-13(2)12-20-17(14-8-4-3-5-9-14)19-18(21)15-10-6-7-11-16(15)22-19/h3-11,13,20H,12H2,1-2H3. The van der Waals surface area contributed by atoms with E-state index in [1.54, 1.807) is 11.8 Å². The van der Waals surface area contributed by atoms with Crippen molar-refractivity contribution in [2.45, 2.75) is 18.7 Å². The van der Waals surface area contributed by atoms with Crippen molar-refractivity contribution in [3.8, 4) is 0 Å². The predicted molar refractivity (Wildman–Crippen MR) is 92.8 cm³/mol. The Morgan fingerprint density at radius 3 is 2.41 bits per heavy atom. The monoisotopic (exact) mass is 309 g/mol. The molecule has 2 aromatic rings. The van der Waals surface area contributed by atoms with Gasteiger partial charge in [-0.3, -0.25) is 4.79 Å². The second-order valence-electron chi connectivity index (χ2n) is 5.77. The molecule has 0 saturated heterocycles. The van der Waals surface area contributed by atoms with E-state index < -0.39 is 0 Å². The summed E-state index contributed by atoms with van der Waals surface area (Å²) < 4.78 is 0. The number of rotatable bonds is 4. The number of fused-ring (bicyclic) bond motifs is 1. The van der Waals surface area contributed by atoms with Crippen LogP contribution in [0.5, 0.6) is 0 Å². The molecule has 2 aromatic carbocycles. The number of nitrogens with one attached hydrogen (secondary N) is 1. The lowest BCUT2D eigenvalue weighted by atomic mass is 10.1. The number of hydrogen-bond acceptors (Lipinski definition) is 3. The van der Waals surface area contributed by atoms with Gasteiger partial charge in [-0.15, -0.1) is 0 Å². The van der Waals surface area contributed by atoms with Gasteiger partial charge in [0.25, 0.3) is 0 Å². The first kappa shape index (κ1) is 14.9. The van der Waals surface area contributed by atoms with E-state index >= 15 is 0 Å². The van der Waals surface area contributed by atoms with Crippen molar-refractivity contribution in [3.05, 3.63) is 70.6 Å². The third-order valence-corrected chi connectivity index (χ3v) is 4.70. The molecule has 112 valence electrons. The third-order valence-electron chi connectivity index (χ3n) is 3.53. The van der Waals surface area contributed by atoms with E-state index in [2.05, 4.69) is 19.2 Å². The second-order valence-corrected chi connectivity index (χ2v) is 6.82. The molecule has 0 aliphatic carbocycles. The lowest BCUT2D eigenvalue weighted by Crippen LogP contribution is -2.20. The lowest BCUT2D eigenvalue weighted by molar-refractivity contribution is 0.104. The van der Waals surface area contributed by atoms with Crippen molar-refractivity contribution in [2.75, 3.05) is 6.54 Å². The van der Waals surface area contributed by atoms with Crippen LogP contribution in [0.3, 0.4) is 0 Å². The van der Waals surface area contributed by atoms with Crippen molar-refractivity contribution in [1.29, 1.82) is 0 Å². The van der Waals surface area contributed by atoms with Crippen LogP contribution in [0.25, 0.3) is 5.70 Å². The van der Waals surface area contributed by atoms with Crippen LogP contribution in [0.2, 0.25) is 0 Å². The number of carbonyl (C=O) groups excluding carboxylic acids is 1. The van der Waals surface area contributed by atoms with Gasteiger partial charge in [0, 0.05) is 17.0 Å². The van der Waals surface area contributed by atoms with Gasteiger partial charge in [-0.25, -0.2) is 0 Å². The molecule has 3 rings (SSSR count). The largest absolute Gasteiger partial charge is 0.383 e. The highest BCUT2D eigenvalue weighted by molar-refractivity contribution is 8.05. The molecule has 0 unspecified atom stereocenters. The molecule has 0 bridgehead atoms. The van der Waals surface area contributed by atoms with Crippen molar-refractivity contribution in [2.24, 2.45) is 5.92 Å². The van der Waals surface area contributed by atoms with Gasteiger partial charge in [0.15, 0.2) is 0 Å². The Morgan fingerprint density at radius 1 is 1.05 bits per heavy atom. The molecule has 22 heavy (non-hydrogen) atoms. The van der Waals surface area contributed by atoms with Gasteiger partial charge in [0.2, 0.25) is 5.78 Å².